The Hall–Kier alpha value is -1.19. The molecule has 0 radical (unpaired) electrons. The molecule has 2 rings (SSSR count). The van der Waals surface area contributed by atoms with Crippen LogP contribution in [0.15, 0.2) is 18.6 Å². The van der Waals surface area contributed by atoms with E-state index >= 15 is 0 Å². The Morgan fingerprint density at radius 1 is 1.62 bits per heavy atom. The molecule has 66 valence electrons. The van der Waals surface area contributed by atoms with Crippen molar-refractivity contribution in [2.24, 2.45) is 0 Å². The molecule has 0 aliphatic heterocycles. The molecule has 0 spiro atoms. The first-order valence-corrected chi connectivity index (χ1v) is 5.30. The van der Waals surface area contributed by atoms with Gasteiger partial charge in [0, 0.05) is 0 Å². The van der Waals surface area contributed by atoms with Crippen LogP contribution in [0.2, 0.25) is 0 Å². The van der Waals surface area contributed by atoms with E-state index in [1.54, 1.807) is 12.3 Å². The van der Waals surface area contributed by atoms with Crippen molar-refractivity contribution >= 4 is 30.2 Å². The Labute approximate surface area is 80.3 Å². The third-order valence-corrected chi connectivity index (χ3v) is 3.76. The van der Waals surface area contributed by atoms with E-state index in [2.05, 4.69) is 14.7 Å². The van der Waals surface area contributed by atoms with Crippen LogP contribution in [0.25, 0.3) is 9.78 Å². The average Bonchev–Trinajstić information content (AvgIpc) is 2.59. The van der Waals surface area contributed by atoms with Crippen molar-refractivity contribution in [1.29, 1.82) is 0 Å². The number of hydrogen-bond donors (Lipinski definition) is 0. The van der Waals surface area contributed by atoms with Gasteiger partial charge in [-0.1, -0.05) is 0 Å². The summed E-state index contributed by atoms with van der Waals surface area (Å²) in [6.07, 6.45) is 3.20. The minimum atomic E-state index is -0.266. The molecule has 2 heterocycles. The van der Waals surface area contributed by atoms with Gasteiger partial charge in [-0.25, -0.2) is 0 Å². The SMILES string of the molecule is COC(=O)c1cc2cncnc2[se]1. The van der Waals surface area contributed by atoms with Crippen molar-refractivity contribution in [3.8, 4) is 0 Å². The van der Waals surface area contributed by atoms with Gasteiger partial charge in [0.25, 0.3) is 0 Å². The molecule has 0 unspecified atom stereocenters. The third-order valence-electron chi connectivity index (χ3n) is 1.58. The van der Waals surface area contributed by atoms with Crippen molar-refractivity contribution in [2.75, 3.05) is 7.11 Å². The van der Waals surface area contributed by atoms with Gasteiger partial charge in [0.2, 0.25) is 0 Å². The molecule has 13 heavy (non-hydrogen) atoms. The van der Waals surface area contributed by atoms with Crippen molar-refractivity contribution in [3.63, 3.8) is 0 Å². The fourth-order valence-electron chi connectivity index (χ4n) is 0.989. The second-order valence-corrected chi connectivity index (χ2v) is 4.55. The van der Waals surface area contributed by atoms with E-state index in [9.17, 15) is 4.79 Å². The first-order valence-electron chi connectivity index (χ1n) is 3.59. The maximum atomic E-state index is 11.2. The number of hydrogen-bond acceptors (Lipinski definition) is 4. The molecule has 0 aliphatic carbocycles. The summed E-state index contributed by atoms with van der Waals surface area (Å²) < 4.78 is 6.27. The summed E-state index contributed by atoms with van der Waals surface area (Å²) in [6, 6.07) is 1.79. The zero-order chi connectivity index (χ0) is 9.26. The molecule has 0 bridgehead atoms. The van der Waals surface area contributed by atoms with Crippen LogP contribution < -0.4 is 0 Å². The molecule has 0 atom stereocenters. The molecule has 5 heteroatoms. The molecule has 0 N–H and O–H groups in total. The van der Waals surface area contributed by atoms with Crippen LogP contribution in [0.3, 0.4) is 0 Å². The van der Waals surface area contributed by atoms with Crippen molar-refractivity contribution in [1.82, 2.24) is 9.97 Å². The monoisotopic (exact) mass is 242 g/mol. The number of ether oxygens (including phenoxy) is 1. The zero-order valence-corrected chi connectivity index (χ0v) is 8.56. The molecule has 2 aromatic heterocycles. The molecule has 0 fully saturated rings. The normalized spacial score (nSPS) is 10.2. The molecule has 0 saturated heterocycles. The molecule has 0 amide bonds. The van der Waals surface area contributed by atoms with Crippen LogP contribution in [0, 0.1) is 0 Å². The molecule has 2 aromatic rings. The van der Waals surface area contributed by atoms with Crippen LogP contribution in [-0.2, 0) is 4.74 Å². The van der Waals surface area contributed by atoms with Gasteiger partial charge < -0.3 is 0 Å². The number of carbonyl (C=O) groups excluding carboxylic acids is 1. The maximum absolute atomic E-state index is 11.2. The summed E-state index contributed by atoms with van der Waals surface area (Å²) in [6.45, 7) is 0. The van der Waals surface area contributed by atoms with E-state index in [0.29, 0.717) is 4.44 Å². The van der Waals surface area contributed by atoms with E-state index in [1.165, 1.54) is 13.4 Å². The van der Waals surface area contributed by atoms with Crippen molar-refractivity contribution in [3.05, 3.63) is 23.0 Å². The molecular formula is C8H6N2O2Se. The van der Waals surface area contributed by atoms with E-state index in [1.807, 2.05) is 0 Å². The van der Waals surface area contributed by atoms with E-state index < -0.39 is 0 Å². The average molecular weight is 241 g/mol. The first-order chi connectivity index (χ1) is 6.31. The van der Waals surface area contributed by atoms with Crippen LogP contribution in [0.1, 0.15) is 9.23 Å². The number of fused-ring (bicyclic) bond motifs is 1. The number of methoxy groups -OCH3 is 1. The Balaban J connectivity index is 2.56. The van der Waals surface area contributed by atoms with Crippen LogP contribution in [0.5, 0.6) is 0 Å². The quantitative estimate of drug-likeness (QED) is 0.538. The van der Waals surface area contributed by atoms with Crippen molar-refractivity contribution in [2.45, 2.75) is 0 Å². The summed E-state index contributed by atoms with van der Waals surface area (Å²) in [5.41, 5.74) is 0. The van der Waals surface area contributed by atoms with Gasteiger partial charge in [-0.2, -0.15) is 0 Å². The topological polar surface area (TPSA) is 52.1 Å². The molecule has 0 aliphatic rings. The standard InChI is InChI=1S/C8H6N2O2Se/c1-12-8(11)6-2-5-3-9-4-10-7(5)13-6/h2-4H,1H3. The summed E-state index contributed by atoms with van der Waals surface area (Å²) in [5, 5.41) is 0.933. The fourth-order valence-corrected chi connectivity index (χ4v) is 2.86. The summed E-state index contributed by atoms with van der Waals surface area (Å²) >= 11 is -0.0225. The van der Waals surface area contributed by atoms with Crippen LogP contribution in [0.4, 0.5) is 0 Å². The predicted molar refractivity (Wildman–Crippen MR) is 47.8 cm³/mol. The third kappa shape index (κ3) is 1.48. The summed E-state index contributed by atoms with van der Waals surface area (Å²) in [5.74, 6) is -0.266. The number of esters is 1. The Morgan fingerprint density at radius 3 is 3.15 bits per heavy atom. The zero-order valence-electron chi connectivity index (χ0n) is 6.85. The van der Waals surface area contributed by atoms with Gasteiger partial charge in [-0.05, 0) is 0 Å². The van der Waals surface area contributed by atoms with Gasteiger partial charge in [0.15, 0.2) is 0 Å². The second kappa shape index (κ2) is 3.28. The second-order valence-electron chi connectivity index (χ2n) is 2.39. The minimum absolute atomic E-state index is 0.0225. The van der Waals surface area contributed by atoms with Gasteiger partial charge in [-0.3, -0.25) is 0 Å². The number of aromatic nitrogens is 2. The van der Waals surface area contributed by atoms with Crippen LogP contribution in [-0.4, -0.2) is 37.6 Å². The van der Waals surface area contributed by atoms with Gasteiger partial charge in [-0.15, -0.1) is 0 Å². The predicted octanol–water partition coefficient (Wildman–Crippen LogP) is 0.473. The van der Waals surface area contributed by atoms with Gasteiger partial charge >= 0.3 is 79.9 Å². The first kappa shape index (κ1) is 8.41. The number of rotatable bonds is 1. The summed E-state index contributed by atoms with van der Waals surface area (Å²) in [7, 11) is 1.38. The Bertz CT molecular complexity index is 419. The number of nitrogens with zero attached hydrogens (tertiary/aromatic N) is 2. The van der Waals surface area contributed by atoms with Gasteiger partial charge in [0.05, 0.1) is 0 Å². The Morgan fingerprint density at radius 2 is 2.46 bits per heavy atom. The Kier molecular flexibility index (Phi) is 2.12. The molecule has 0 saturated carbocycles. The van der Waals surface area contributed by atoms with E-state index in [-0.39, 0.29) is 20.5 Å². The number of carbonyl (C=O) groups is 1. The molecular weight excluding hydrogens is 235 g/mol. The van der Waals surface area contributed by atoms with Gasteiger partial charge in [0.1, 0.15) is 0 Å². The van der Waals surface area contributed by atoms with E-state index in [0.717, 1.165) is 9.78 Å². The fraction of sp³-hybridized carbons (Fsp3) is 0.125. The molecule has 4 nitrogen and oxygen atoms in total. The van der Waals surface area contributed by atoms with Crippen LogP contribution >= 0.6 is 0 Å². The van der Waals surface area contributed by atoms with E-state index in [4.69, 9.17) is 0 Å². The van der Waals surface area contributed by atoms with Crippen molar-refractivity contribution < 1.29 is 9.53 Å². The molecule has 0 aromatic carbocycles. The summed E-state index contributed by atoms with van der Waals surface area (Å²) in [4.78, 5) is 19.1.